The van der Waals surface area contributed by atoms with Crippen LogP contribution in [0.4, 0.5) is 10.1 Å². The molecule has 2 N–H and O–H groups in total. The van der Waals surface area contributed by atoms with Gasteiger partial charge in [-0.1, -0.05) is 24.6 Å². The normalized spacial score (nSPS) is 25.9. The summed E-state index contributed by atoms with van der Waals surface area (Å²) in [4.78, 5) is 27.6. The maximum Gasteiger partial charge on any atom is 0.238 e. The molecule has 0 radical (unpaired) electrons. The van der Waals surface area contributed by atoms with Gasteiger partial charge in [-0.05, 0) is 62.1 Å². The number of hydrogen-bond acceptors (Lipinski definition) is 4. The van der Waals surface area contributed by atoms with Crippen LogP contribution in [0.3, 0.4) is 0 Å². The Balaban J connectivity index is 1.63. The zero-order chi connectivity index (χ0) is 22.7. The van der Waals surface area contributed by atoms with Crippen molar-refractivity contribution >= 4 is 17.5 Å². The van der Waals surface area contributed by atoms with E-state index < -0.39 is 11.4 Å². The molecular formula is C25H30FN3O3. The SMILES string of the molecule is COc1cccc([C@@H]2C[C@]3(C)NC(=O)CCCC[C@@H]3N2CC(=O)Nc2cccc(F)c2)c1. The number of methoxy groups -OCH3 is 1. The Hall–Kier alpha value is -2.93. The van der Waals surface area contributed by atoms with Crippen molar-refractivity contribution in [2.24, 2.45) is 0 Å². The Morgan fingerprint density at radius 1 is 1.25 bits per heavy atom. The van der Waals surface area contributed by atoms with Crippen molar-refractivity contribution in [3.05, 3.63) is 59.9 Å². The summed E-state index contributed by atoms with van der Waals surface area (Å²) in [5.74, 6) is 0.215. The topological polar surface area (TPSA) is 70.7 Å². The molecule has 0 aromatic heterocycles. The van der Waals surface area contributed by atoms with Gasteiger partial charge in [-0.25, -0.2) is 4.39 Å². The number of rotatable bonds is 5. The van der Waals surface area contributed by atoms with E-state index in [-0.39, 0.29) is 30.4 Å². The Labute approximate surface area is 188 Å². The fourth-order valence-electron chi connectivity index (χ4n) is 5.17. The number of carbonyl (C=O) groups is 2. The molecule has 0 saturated carbocycles. The van der Waals surface area contributed by atoms with Gasteiger partial charge in [0.25, 0.3) is 0 Å². The summed E-state index contributed by atoms with van der Waals surface area (Å²) in [6, 6.07) is 13.7. The van der Waals surface area contributed by atoms with Crippen LogP contribution >= 0.6 is 0 Å². The third kappa shape index (κ3) is 4.78. The summed E-state index contributed by atoms with van der Waals surface area (Å²) in [6.45, 7) is 2.23. The number of anilines is 1. The lowest BCUT2D eigenvalue weighted by Crippen LogP contribution is -2.56. The average molecular weight is 440 g/mol. The molecule has 170 valence electrons. The van der Waals surface area contributed by atoms with E-state index in [9.17, 15) is 14.0 Å². The molecule has 2 heterocycles. The van der Waals surface area contributed by atoms with Crippen molar-refractivity contribution in [3.63, 3.8) is 0 Å². The minimum absolute atomic E-state index is 0.0150. The van der Waals surface area contributed by atoms with Crippen LogP contribution in [0.1, 0.15) is 50.6 Å². The van der Waals surface area contributed by atoms with Gasteiger partial charge in [-0.3, -0.25) is 14.5 Å². The second-order valence-electron chi connectivity index (χ2n) is 8.95. The highest BCUT2D eigenvalue weighted by Gasteiger charge is 2.51. The molecule has 7 heteroatoms. The lowest BCUT2D eigenvalue weighted by Gasteiger charge is -2.38. The van der Waals surface area contributed by atoms with Crippen LogP contribution in [0.2, 0.25) is 0 Å². The quantitative estimate of drug-likeness (QED) is 0.738. The Kier molecular flexibility index (Phi) is 6.46. The van der Waals surface area contributed by atoms with Crippen molar-refractivity contribution in [1.29, 1.82) is 0 Å². The van der Waals surface area contributed by atoms with Crippen LogP contribution in [0, 0.1) is 5.82 Å². The highest BCUT2D eigenvalue weighted by molar-refractivity contribution is 5.92. The Bertz CT molecular complexity index is 998. The number of hydrogen-bond donors (Lipinski definition) is 2. The zero-order valence-electron chi connectivity index (χ0n) is 18.6. The molecule has 32 heavy (non-hydrogen) atoms. The first kappa shape index (κ1) is 22.3. The van der Waals surface area contributed by atoms with Gasteiger partial charge in [0.2, 0.25) is 11.8 Å². The van der Waals surface area contributed by atoms with Gasteiger partial charge in [-0.2, -0.15) is 0 Å². The number of amides is 2. The summed E-state index contributed by atoms with van der Waals surface area (Å²) in [7, 11) is 1.63. The van der Waals surface area contributed by atoms with E-state index in [0.717, 1.165) is 30.6 Å². The molecule has 0 unspecified atom stereocenters. The molecule has 0 spiro atoms. The molecule has 2 aliphatic heterocycles. The molecule has 4 rings (SSSR count). The molecule has 3 atom stereocenters. The number of likely N-dealkylation sites (tertiary alicyclic amines) is 1. The fraction of sp³-hybridized carbons (Fsp3) is 0.440. The summed E-state index contributed by atoms with van der Waals surface area (Å²) in [5, 5.41) is 6.07. The largest absolute Gasteiger partial charge is 0.497 e. The maximum absolute atomic E-state index is 13.6. The highest BCUT2D eigenvalue weighted by atomic mass is 19.1. The number of ether oxygens (including phenoxy) is 1. The van der Waals surface area contributed by atoms with Gasteiger partial charge >= 0.3 is 0 Å². The van der Waals surface area contributed by atoms with Crippen LogP contribution in [0.5, 0.6) is 5.75 Å². The number of fused-ring (bicyclic) bond motifs is 1. The Morgan fingerprint density at radius 2 is 2.06 bits per heavy atom. The van der Waals surface area contributed by atoms with Crippen LogP contribution in [0.15, 0.2) is 48.5 Å². The van der Waals surface area contributed by atoms with E-state index >= 15 is 0 Å². The van der Waals surface area contributed by atoms with Crippen LogP contribution < -0.4 is 15.4 Å². The smallest absolute Gasteiger partial charge is 0.238 e. The summed E-state index contributed by atoms with van der Waals surface area (Å²) in [6.07, 6.45) is 3.90. The van der Waals surface area contributed by atoms with Gasteiger partial charge in [-0.15, -0.1) is 0 Å². The maximum atomic E-state index is 13.6. The highest BCUT2D eigenvalue weighted by Crippen LogP contribution is 2.45. The lowest BCUT2D eigenvalue weighted by atomic mass is 9.85. The van der Waals surface area contributed by atoms with E-state index in [1.54, 1.807) is 19.2 Å². The lowest BCUT2D eigenvalue weighted by molar-refractivity contribution is -0.123. The summed E-state index contributed by atoms with van der Waals surface area (Å²) >= 11 is 0. The number of carbonyl (C=O) groups excluding carboxylic acids is 2. The molecule has 2 saturated heterocycles. The van der Waals surface area contributed by atoms with Gasteiger partial charge in [0.15, 0.2) is 0 Å². The third-order valence-corrected chi connectivity index (χ3v) is 6.62. The molecule has 2 aromatic rings. The van der Waals surface area contributed by atoms with E-state index in [0.29, 0.717) is 18.5 Å². The van der Waals surface area contributed by atoms with Crippen LogP contribution in [0.25, 0.3) is 0 Å². The molecule has 0 bridgehead atoms. The van der Waals surface area contributed by atoms with Crippen molar-refractivity contribution in [3.8, 4) is 5.75 Å². The van der Waals surface area contributed by atoms with E-state index in [2.05, 4.69) is 22.5 Å². The molecule has 2 aromatic carbocycles. The first-order chi connectivity index (χ1) is 15.4. The number of nitrogens with one attached hydrogen (secondary N) is 2. The summed E-state index contributed by atoms with van der Waals surface area (Å²) in [5.41, 5.74) is 1.04. The van der Waals surface area contributed by atoms with Crippen molar-refractivity contribution < 1.29 is 18.7 Å². The monoisotopic (exact) mass is 439 g/mol. The predicted octanol–water partition coefficient (Wildman–Crippen LogP) is 4.04. The molecule has 6 nitrogen and oxygen atoms in total. The fourth-order valence-corrected chi connectivity index (χ4v) is 5.17. The summed E-state index contributed by atoms with van der Waals surface area (Å²) < 4.78 is 19.0. The van der Waals surface area contributed by atoms with Crippen LogP contribution in [-0.2, 0) is 9.59 Å². The molecule has 2 aliphatic rings. The van der Waals surface area contributed by atoms with Gasteiger partial charge in [0, 0.05) is 24.2 Å². The Morgan fingerprint density at radius 3 is 2.84 bits per heavy atom. The van der Waals surface area contributed by atoms with Crippen molar-refractivity contribution in [2.75, 3.05) is 19.0 Å². The van der Waals surface area contributed by atoms with Gasteiger partial charge in [0.1, 0.15) is 11.6 Å². The van der Waals surface area contributed by atoms with E-state index in [4.69, 9.17) is 4.74 Å². The minimum atomic E-state index is -0.440. The molecule has 2 amide bonds. The van der Waals surface area contributed by atoms with E-state index in [1.165, 1.54) is 12.1 Å². The molecule has 0 aliphatic carbocycles. The predicted molar refractivity (Wildman–Crippen MR) is 121 cm³/mol. The van der Waals surface area contributed by atoms with Crippen molar-refractivity contribution in [1.82, 2.24) is 10.2 Å². The molecular weight excluding hydrogens is 409 g/mol. The van der Waals surface area contributed by atoms with Crippen LogP contribution in [-0.4, -0.2) is 41.9 Å². The minimum Gasteiger partial charge on any atom is -0.497 e. The number of benzene rings is 2. The average Bonchev–Trinajstić information content (AvgIpc) is 3.00. The number of nitrogens with zero attached hydrogens (tertiary/aromatic N) is 1. The van der Waals surface area contributed by atoms with Crippen molar-refractivity contribution in [2.45, 2.75) is 56.7 Å². The van der Waals surface area contributed by atoms with E-state index in [1.807, 2.05) is 24.3 Å². The first-order valence-corrected chi connectivity index (χ1v) is 11.1. The third-order valence-electron chi connectivity index (χ3n) is 6.62. The number of halogens is 1. The van der Waals surface area contributed by atoms with Gasteiger partial charge in [0.05, 0.1) is 19.2 Å². The zero-order valence-corrected chi connectivity index (χ0v) is 18.6. The molecule has 2 fully saturated rings. The first-order valence-electron chi connectivity index (χ1n) is 11.1. The standard InChI is InChI=1S/C25H30FN3O3/c1-25-15-21(17-7-5-10-20(13-17)32-2)29(22(25)11-3-4-12-23(30)28-25)16-24(31)27-19-9-6-8-18(26)14-19/h5-10,13-14,21-22H,3-4,11-12,15-16H2,1-2H3,(H,27,31)(H,28,30)/t21-,22-,25-/m0/s1. The second-order valence-corrected chi connectivity index (χ2v) is 8.95. The second kappa shape index (κ2) is 9.28. The van der Waals surface area contributed by atoms with Gasteiger partial charge < -0.3 is 15.4 Å².